The van der Waals surface area contributed by atoms with Crippen LogP contribution in [0.15, 0.2) is 0 Å². The number of aliphatic hydroxyl groups excluding tert-OH is 10. The Hall–Kier alpha value is -1.46. The molecule has 0 unspecified atom stereocenters. The molecule has 0 aromatic carbocycles. The van der Waals surface area contributed by atoms with Gasteiger partial charge in [-0.05, 0) is 0 Å². The minimum Gasteiger partial charge on any atom is -0.394 e. The van der Waals surface area contributed by atoms with Gasteiger partial charge in [-0.15, -0.1) is 0 Å². The molecule has 0 rings (SSSR count). The number of carbonyl (C=O) groups excluding carboxylic acids is 2. The second-order valence-corrected chi connectivity index (χ2v) is 5.16. The zero-order valence-electron chi connectivity index (χ0n) is 13.1. The van der Waals surface area contributed by atoms with Crippen LogP contribution in [-0.2, 0) is 19.4 Å². The van der Waals surface area contributed by atoms with E-state index in [0.29, 0.717) is 0 Å². The van der Waals surface area contributed by atoms with E-state index >= 15 is 0 Å². The van der Waals surface area contributed by atoms with Crippen LogP contribution in [0.5, 0.6) is 0 Å². The van der Waals surface area contributed by atoms with Crippen molar-refractivity contribution in [3.05, 3.63) is 0 Å². The van der Waals surface area contributed by atoms with E-state index in [9.17, 15) is 40.2 Å². The fourth-order valence-corrected chi connectivity index (χ4v) is 1.50. The van der Waals surface area contributed by atoms with E-state index in [1.807, 2.05) is 0 Å². The normalized spacial score (nSPS) is 20.8. The molecule has 10 N–H and O–H groups in total. The summed E-state index contributed by atoms with van der Waals surface area (Å²) < 4.78 is 0. The molecule has 0 saturated heterocycles. The Bertz CT molecular complexity index is 404. The zero-order chi connectivity index (χ0) is 20.6. The summed E-state index contributed by atoms with van der Waals surface area (Å²) >= 11 is 0. The van der Waals surface area contributed by atoms with Crippen LogP contribution in [0.3, 0.4) is 0 Å². The predicted molar refractivity (Wildman–Crippen MR) is 74.4 cm³/mol. The molecule has 26 heavy (non-hydrogen) atoms. The highest BCUT2D eigenvalue weighted by Crippen LogP contribution is 2.09. The van der Waals surface area contributed by atoms with E-state index in [-0.39, 0.29) is 0 Å². The van der Waals surface area contributed by atoms with Crippen LogP contribution >= 0.6 is 0 Å². The molecule has 0 aliphatic heterocycles. The van der Waals surface area contributed by atoms with Crippen LogP contribution in [0.4, 0.5) is 0 Å². The van der Waals surface area contributed by atoms with Crippen molar-refractivity contribution in [1.82, 2.24) is 0 Å². The maximum absolute atomic E-state index is 11.4. The lowest BCUT2D eigenvalue weighted by Crippen LogP contribution is -2.50. The van der Waals surface area contributed by atoms with E-state index in [1.54, 1.807) is 0 Å². The minimum absolute atomic E-state index is 1.01. The Morgan fingerprint density at radius 2 is 0.846 bits per heavy atom. The highest BCUT2D eigenvalue weighted by Gasteiger charge is 2.39. The van der Waals surface area contributed by atoms with Crippen LogP contribution in [0.1, 0.15) is 0 Å². The number of hydrogen-bond acceptors (Lipinski definition) is 14. The summed E-state index contributed by atoms with van der Waals surface area (Å²) in [7, 11) is 0. The summed E-state index contributed by atoms with van der Waals surface area (Å²) in [6.07, 6.45) is -17.9. The van der Waals surface area contributed by atoms with Crippen molar-refractivity contribution in [3.8, 4) is 0 Å². The zero-order valence-corrected chi connectivity index (χ0v) is 13.1. The lowest BCUT2D eigenvalue weighted by Gasteiger charge is -2.25. The molecule has 0 aromatic rings. The molecular weight excluding hydrogens is 368 g/mol. The standard InChI is InChI=1S/C12H22O14/c13-1-3(15)5(17)7(19)9(21)11(23)25-26-12(24)10(22)8(20)6(18)4(16)2-14/h3-10,13-22H,1-2H2/t3-,4-,5-,6-,7+,8+,9-,10-/m1/s1. The molecule has 0 aromatic heterocycles. The van der Waals surface area contributed by atoms with Gasteiger partial charge in [0, 0.05) is 0 Å². The molecule has 8 atom stereocenters. The van der Waals surface area contributed by atoms with Gasteiger partial charge < -0.3 is 51.1 Å². The average Bonchev–Trinajstić information content (AvgIpc) is 2.66. The SMILES string of the molecule is O=C(OOC(=O)[C@H](O)[C@@H](O)[C@H](O)[C@H](O)CO)[C@H](O)[C@@H](O)[C@H](O)[C@H](O)CO. The molecule has 0 radical (unpaired) electrons. The quantitative estimate of drug-likeness (QED) is 0.123. The third-order valence-electron chi connectivity index (χ3n) is 3.20. The largest absolute Gasteiger partial charge is 0.394 e. The Kier molecular flexibility index (Phi) is 10.7. The average molecular weight is 390 g/mol. The van der Waals surface area contributed by atoms with Crippen LogP contribution in [0.2, 0.25) is 0 Å². The predicted octanol–water partition coefficient (Wildman–Crippen LogP) is -7.14. The van der Waals surface area contributed by atoms with Crippen molar-refractivity contribution < 1.29 is 70.4 Å². The highest BCUT2D eigenvalue weighted by atomic mass is 17.2. The van der Waals surface area contributed by atoms with Crippen LogP contribution in [0.25, 0.3) is 0 Å². The first-order valence-corrected chi connectivity index (χ1v) is 7.08. The third-order valence-corrected chi connectivity index (χ3v) is 3.20. The number of aliphatic hydroxyl groups is 10. The smallest absolute Gasteiger partial charge is 0.386 e. The first kappa shape index (κ1) is 24.5. The van der Waals surface area contributed by atoms with Crippen LogP contribution < -0.4 is 0 Å². The van der Waals surface area contributed by atoms with E-state index in [4.69, 9.17) is 20.4 Å². The van der Waals surface area contributed by atoms with E-state index in [1.165, 1.54) is 0 Å². The van der Waals surface area contributed by atoms with Crippen molar-refractivity contribution >= 4 is 11.9 Å². The van der Waals surface area contributed by atoms with Gasteiger partial charge in [-0.25, -0.2) is 19.4 Å². The van der Waals surface area contributed by atoms with E-state index in [2.05, 4.69) is 9.78 Å². The van der Waals surface area contributed by atoms with Crippen molar-refractivity contribution in [2.75, 3.05) is 13.2 Å². The molecule has 0 aliphatic rings. The molecular formula is C12H22O14. The molecule has 0 spiro atoms. The van der Waals surface area contributed by atoms with Gasteiger partial charge in [-0.3, -0.25) is 0 Å². The van der Waals surface area contributed by atoms with Gasteiger partial charge in [0.1, 0.15) is 36.6 Å². The Labute approximate surface area is 145 Å². The van der Waals surface area contributed by atoms with Gasteiger partial charge in [0.2, 0.25) is 0 Å². The molecule has 14 nitrogen and oxygen atoms in total. The van der Waals surface area contributed by atoms with E-state index in [0.717, 1.165) is 0 Å². The molecule has 0 bridgehead atoms. The molecule has 0 aliphatic carbocycles. The molecule has 0 saturated carbocycles. The topological polar surface area (TPSA) is 255 Å². The first-order chi connectivity index (χ1) is 12.0. The summed E-state index contributed by atoms with van der Waals surface area (Å²) in [5, 5.41) is 91.4. The Morgan fingerprint density at radius 1 is 0.577 bits per heavy atom. The van der Waals surface area contributed by atoms with Gasteiger partial charge in [-0.2, -0.15) is 0 Å². The summed E-state index contributed by atoms with van der Waals surface area (Å²) in [4.78, 5) is 30.2. The van der Waals surface area contributed by atoms with Gasteiger partial charge in [-0.1, -0.05) is 0 Å². The van der Waals surface area contributed by atoms with Crippen LogP contribution in [-0.4, -0.2) is 125 Å². The lowest BCUT2D eigenvalue weighted by atomic mass is 10.0. The summed E-state index contributed by atoms with van der Waals surface area (Å²) in [5.41, 5.74) is 0. The van der Waals surface area contributed by atoms with Crippen molar-refractivity contribution in [1.29, 1.82) is 0 Å². The maximum atomic E-state index is 11.4. The van der Waals surface area contributed by atoms with Gasteiger partial charge >= 0.3 is 11.9 Å². The highest BCUT2D eigenvalue weighted by molar-refractivity contribution is 5.78. The molecule has 154 valence electrons. The van der Waals surface area contributed by atoms with Crippen molar-refractivity contribution in [2.24, 2.45) is 0 Å². The van der Waals surface area contributed by atoms with Gasteiger partial charge in [0.05, 0.1) is 13.2 Å². The fraction of sp³-hybridized carbons (Fsp3) is 0.833. The number of hydrogen-bond donors (Lipinski definition) is 10. The third kappa shape index (κ3) is 6.69. The summed E-state index contributed by atoms with van der Waals surface area (Å²) in [5.74, 6) is -3.71. The summed E-state index contributed by atoms with van der Waals surface area (Å²) in [6.45, 7) is -2.03. The Balaban J connectivity index is 4.63. The molecule has 0 heterocycles. The minimum atomic E-state index is -2.54. The molecule has 14 heteroatoms. The second-order valence-electron chi connectivity index (χ2n) is 5.16. The number of carbonyl (C=O) groups is 2. The fourth-order valence-electron chi connectivity index (χ4n) is 1.50. The molecule has 0 amide bonds. The summed E-state index contributed by atoms with van der Waals surface area (Å²) in [6, 6.07) is 0. The first-order valence-electron chi connectivity index (χ1n) is 7.08. The molecule has 0 fully saturated rings. The van der Waals surface area contributed by atoms with Gasteiger partial charge in [0.25, 0.3) is 0 Å². The number of rotatable bonds is 10. The van der Waals surface area contributed by atoms with Gasteiger partial charge in [0.15, 0.2) is 12.2 Å². The lowest BCUT2D eigenvalue weighted by molar-refractivity contribution is -0.277. The monoisotopic (exact) mass is 390 g/mol. The maximum Gasteiger partial charge on any atom is 0.386 e. The van der Waals surface area contributed by atoms with Crippen molar-refractivity contribution in [2.45, 2.75) is 48.8 Å². The second kappa shape index (κ2) is 11.3. The Morgan fingerprint density at radius 3 is 1.08 bits per heavy atom. The van der Waals surface area contributed by atoms with Crippen LogP contribution in [0, 0.1) is 0 Å². The van der Waals surface area contributed by atoms with Crippen molar-refractivity contribution in [3.63, 3.8) is 0 Å². The van der Waals surface area contributed by atoms with E-state index < -0.39 is 74.0 Å².